The van der Waals surface area contributed by atoms with E-state index in [9.17, 15) is 18.3 Å². The summed E-state index contributed by atoms with van der Waals surface area (Å²) in [5, 5.41) is 12.7. The van der Waals surface area contributed by atoms with Crippen molar-refractivity contribution in [3.63, 3.8) is 0 Å². The summed E-state index contributed by atoms with van der Waals surface area (Å²) < 4.78 is 29.5. The third-order valence-corrected chi connectivity index (χ3v) is 9.74. The fourth-order valence-electron chi connectivity index (χ4n) is 5.77. The van der Waals surface area contributed by atoms with Crippen LogP contribution in [0.2, 0.25) is 0 Å². The van der Waals surface area contributed by atoms with Gasteiger partial charge in [-0.3, -0.25) is 4.79 Å². The molecule has 0 amide bonds. The van der Waals surface area contributed by atoms with E-state index in [0.29, 0.717) is 26.0 Å². The van der Waals surface area contributed by atoms with E-state index < -0.39 is 15.8 Å². The molecule has 0 unspecified atom stereocenters. The Hall–Kier alpha value is -3.60. The number of fused-ring (bicyclic) bond motifs is 3. The fourth-order valence-corrected chi connectivity index (χ4v) is 7.21. The van der Waals surface area contributed by atoms with Crippen LogP contribution >= 0.6 is 0 Å². The molecule has 214 valence electrons. The maximum absolute atomic E-state index is 11.7. The lowest BCUT2D eigenvalue weighted by Crippen LogP contribution is -2.28. The van der Waals surface area contributed by atoms with Crippen molar-refractivity contribution in [2.24, 2.45) is 0 Å². The quantitative estimate of drug-likeness (QED) is 0.300. The second-order valence-electron chi connectivity index (χ2n) is 11.0. The molecule has 0 aromatic heterocycles. The van der Waals surface area contributed by atoms with Crippen LogP contribution in [0.1, 0.15) is 66.3 Å². The maximum atomic E-state index is 11.7. The molecule has 1 atom stereocenters. The Kier molecular flexibility index (Phi) is 9.12. The first-order chi connectivity index (χ1) is 19.8. The van der Waals surface area contributed by atoms with Crippen LogP contribution in [0.25, 0.3) is 11.1 Å². The van der Waals surface area contributed by atoms with Gasteiger partial charge in [0.15, 0.2) is 9.84 Å². The first-order valence-corrected chi connectivity index (χ1v) is 16.2. The van der Waals surface area contributed by atoms with Crippen LogP contribution in [0.15, 0.2) is 60.7 Å². The number of benzene rings is 3. The van der Waals surface area contributed by atoms with Gasteiger partial charge in [0.25, 0.3) is 0 Å². The lowest BCUT2D eigenvalue weighted by Gasteiger charge is -2.22. The molecule has 3 aromatic carbocycles. The molecular formula is C34H37NO5S. The number of carboxylic acids is 1. The number of hydrogen-bond acceptors (Lipinski definition) is 5. The Bertz CT molecular complexity index is 1550. The standard InChI is InChI=1S/C34H37NO5S/c1-2-4-28(21-34(36)37)26-10-12-30(13-11-26)35-22-24-7-9-27-5-3-6-29-19-25(8-14-32(29)33(27)20-24)23-40-31-15-17-41(38,39)18-16-31/h7-14,19-20,28,31,35H,3,5-6,15-18,21-23H2,1H3,(H,36,37)/t28-/m0/s1. The molecule has 0 bridgehead atoms. The van der Waals surface area contributed by atoms with Gasteiger partial charge >= 0.3 is 5.97 Å². The highest BCUT2D eigenvalue weighted by molar-refractivity contribution is 7.91. The number of ether oxygens (including phenoxy) is 1. The molecule has 0 spiro atoms. The molecule has 0 radical (unpaired) electrons. The third kappa shape index (κ3) is 7.58. The second-order valence-corrected chi connectivity index (χ2v) is 13.3. The third-order valence-electron chi connectivity index (χ3n) is 8.02. The van der Waals surface area contributed by atoms with Gasteiger partial charge in [0.1, 0.15) is 0 Å². The fraction of sp³-hybridized carbons (Fsp3) is 0.382. The zero-order chi connectivity index (χ0) is 28.8. The monoisotopic (exact) mass is 571 g/mol. The zero-order valence-corrected chi connectivity index (χ0v) is 24.3. The van der Waals surface area contributed by atoms with Crippen molar-refractivity contribution in [3.8, 4) is 23.0 Å². The molecule has 1 aliphatic heterocycles. The van der Waals surface area contributed by atoms with Gasteiger partial charge in [-0.05, 0) is 96.2 Å². The largest absolute Gasteiger partial charge is 0.481 e. The molecule has 5 rings (SSSR count). The van der Waals surface area contributed by atoms with Crippen molar-refractivity contribution < 1.29 is 23.1 Å². The van der Waals surface area contributed by atoms with Crippen molar-refractivity contribution in [2.75, 3.05) is 16.8 Å². The van der Waals surface area contributed by atoms with Crippen LogP contribution in [0.4, 0.5) is 5.69 Å². The van der Waals surface area contributed by atoms with E-state index in [0.717, 1.165) is 36.1 Å². The second kappa shape index (κ2) is 12.9. The molecule has 41 heavy (non-hydrogen) atoms. The summed E-state index contributed by atoms with van der Waals surface area (Å²) in [6.45, 7) is 2.92. The predicted octanol–water partition coefficient (Wildman–Crippen LogP) is 6.13. The number of carbonyl (C=O) groups is 1. The minimum Gasteiger partial charge on any atom is -0.481 e. The molecule has 1 aliphatic carbocycles. The van der Waals surface area contributed by atoms with E-state index in [4.69, 9.17) is 4.74 Å². The normalized spacial score (nSPS) is 16.8. The minimum atomic E-state index is -2.88. The van der Waals surface area contributed by atoms with E-state index in [-0.39, 0.29) is 29.9 Å². The Morgan fingerprint density at radius 1 is 0.976 bits per heavy atom. The summed E-state index contributed by atoms with van der Waals surface area (Å²) in [6, 6.07) is 21.2. The van der Waals surface area contributed by atoms with Crippen LogP contribution in [0, 0.1) is 11.8 Å². The van der Waals surface area contributed by atoms with E-state index in [1.54, 1.807) is 6.92 Å². The van der Waals surface area contributed by atoms with Gasteiger partial charge in [-0.1, -0.05) is 48.4 Å². The number of anilines is 1. The summed E-state index contributed by atoms with van der Waals surface area (Å²) in [5.41, 5.74) is 9.48. The average molecular weight is 572 g/mol. The Balaban J connectivity index is 1.25. The number of aliphatic carboxylic acids is 1. The van der Waals surface area contributed by atoms with Crippen molar-refractivity contribution in [1.82, 2.24) is 0 Å². The van der Waals surface area contributed by atoms with Gasteiger partial charge in [0, 0.05) is 12.2 Å². The van der Waals surface area contributed by atoms with Crippen LogP contribution in [-0.4, -0.2) is 37.1 Å². The molecule has 1 saturated heterocycles. The number of aryl methyl sites for hydroxylation is 2. The molecule has 2 N–H and O–H groups in total. The molecule has 3 aromatic rings. The van der Waals surface area contributed by atoms with Gasteiger partial charge in [0.05, 0.1) is 36.6 Å². The molecule has 0 saturated carbocycles. The van der Waals surface area contributed by atoms with Crippen molar-refractivity contribution >= 4 is 21.5 Å². The van der Waals surface area contributed by atoms with Gasteiger partial charge in [-0.15, -0.1) is 5.92 Å². The number of hydrogen-bond donors (Lipinski definition) is 2. The first-order valence-electron chi connectivity index (χ1n) is 14.3. The van der Waals surface area contributed by atoms with Crippen LogP contribution in [0.3, 0.4) is 0 Å². The van der Waals surface area contributed by atoms with Crippen molar-refractivity contribution in [1.29, 1.82) is 0 Å². The van der Waals surface area contributed by atoms with E-state index in [2.05, 4.69) is 53.6 Å². The smallest absolute Gasteiger partial charge is 0.304 e. The molecular weight excluding hydrogens is 534 g/mol. The molecule has 7 heteroatoms. The molecule has 2 aliphatic rings. The summed E-state index contributed by atoms with van der Waals surface area (Å²) in [6.07, 6.45) is 4.33. The molecule has 6 nitrogen and oxygen atoms in total. The van der Waals surface area contributed by atoms with E-state index in [1.807, 2.05) is 24.3 Å². The molecule has 1 fully saturated rings. The Morgan fingerprint density at radius 3 is 2.44 bits per heavy atom. The highest BCUT2D eigenvalue weighted by atomic mass is 32.2. The maximum Gasteiger partial charge on any atom is 0.304 e. The van der Waals surface area contributed by atoms with Crippen molar-refractivity contribution in [2.45, 2.75) is 70.6 Å². The summed E-state index contributed by atoms with van der Waals surface area (Å²) in [4.78, 5) is 11.2. The van der Waals surface area contributed by atoms with Crippen LogP contribution in [0.5, 0.6) is 0 Å². The highest BCUT2D eigenvalue weighted by Crippen LogP contribution is 2.34. The van der Waals surface area contributed by atoms with Gasteiger partial charge < -0.3 is 15.2 Å². The van der Waals surface area contributed by atoms with Gasteiger partial charge in [-0.2, -0.15) is 0 Å². The minimum absolute atomic E-state index is 0.00826. The summed E-state index contributed by atoms with van der Waals surface area (Å²) >= 11 is 0. The first kappa shape index (κ1) is 28.9. The van der Waals surface area contributed by atoms with Crippen molar-refractivity contribution in [3.05, 3.63) is 88.5 Å². The average Bonchev–Trinajstić information content (AvgIpc) is 3.14. The topological polar surface area (TPSA) is 92.7 Å². The number of rotatable bonds is 9. The Morgan fingerprint density at radius 2 is 1.71 bits per heavy atom. The lowest BCUT2D eigenvalue weighted by atomic mass is 9.93. The highest BCUT2D eigenvalue weighted by Gasteiger charge is 2.24. The predicted molar refractivity (Wildman–Crippen MR) is 163 cm³/mol. The van der Waals surface area contributed by atoms with Gasteiger partial charge in [-0.25, -0.2) is 8.42 Å². The Labute approximate surface area is 243 Å². The van der Waals surface area contributed by atoms with Gasteiger partial charge in [0.2, 0.25) is 0 Å². The van der Waals surface area contributed by atoms with E-state index in [1.165, 1.54) is 27.8 Å². The van der Waals surface area contributed by atoms with Crippen LogP contribution in [-0.2, 0) is 45.4 Å². The van der Waals surface area contributed by atoms with E-state index >= 15 is 0 Å². The zero-order valence-electron chi connectivity index (χ0n) is 23.5. The summed E-state index contributed by atoms with van der Waals surface area (Å²) in [5.74, 6) is 5.13. The number of nitrogens with one attached hydrogen (secondary N) is 1. The number of carboxylic acid groups (broad SMARTS) is 1. The molecule has 1 heterocycles. The summed E-state index contributed by atoms with van der Waals surface area (Å²) in [7, 11) is -2.88. The van der Waals surface area contributed by atoms with Crippen LogP contribution < -0.4 is 5.32 Å². The SMILES string of the molecule is CC#C[C@@H](CC(=O)O)c1ccc(NCc2ccc3c(c2)-c2ccc(COC4CCS(=O)(=O)CC4)cc2CCC3)cc1. The lowest BCUT2D eigenvalue weighted by molar-refractivity contribution is -0.137. The number of sulfone groups is 1.